The predicted molar refractivity (Wildman–Crippen MR) is 39.9 cm³/mol. The molecule has 0 radical (unpaired) electrons. The maximum Gasteiger partial charge on any atom is 0.0838 e. The molecule has 1 saturated heterocycles. The first-order valence-electron chi connectivity index (χ1n) is 4.07. The van der Waals surface area contributed by atoms with Crippen LogP contribution in [0.1, 0.15) is 33.1 Å². The molecule has 0 aromatic heterocycles. The molecule has 1 unspecified atom stereocenters. The van der Waals surface area contributed by atoms with Crippen molar-refractivity contribution in [3.05, 3.63) is 0 Å². The van der Waals surface area contributed by atoms with Crippen molar-refractivity contribution in [3.63, 3.8) is 0 Å². The van der Waals surface area contributed by atoms with Gasteiger partial charge < -0.3 is 9.84 Å². The average molecular weight is 144 g/mol. The molecule has 1 aliphatic rings. The fourth-order valence-electron chi connectivity index (χ4n) is 1.48. The Kier molecular flexibility index (Phi) is 2.69. The zero-order valence-electron chi connectivity index (χ0n) is 6.71. The van der Waals surface area contributed by atoms with Crippen LogP contribution in [-0.4, -0.2) is 23.4 Å². The van der Waals surface area contributed by atoms with Crippen LogP contribution in [0, 0.1) is 0 Å². The van der Waals surface area contributed by atoms with E-state index >= 15 is 0 Å². The van der Waals surface area contributed by atoms with Gasteiger partial charge in [0.2, 0.25) is 0 Å². The van der Waals surface area contributed by atoms with E-state index in [4.69, 9.17) is 4.74 Å². The second kappa shape index (κ2) is 3.35. The van der Waals surface area contributed by atoms with E-state index in [1.807, 2.05) is 6.92 Å². The van der Waals surface area contributed by atoms with Crippen molar-refractivity contribution in [2.75, 3.05) is 0 Å². The molecule has 0 aromatic rings. The van der Waals surface area contributed by atoms with Crippen LogP contribution in [-0.2, 0) is 4.74 Å². The molecule has 3 atom stereocenters. The van der Waals surface area contributed by atoms with Crippen LogP contribution < -0.4 is 0 Å². The lowest BCUT2D eigenvalue weighted by Crippen LogP contribution is -2.19. The summed E-state index contributed by atoms with van der Waals surface area (Å²) in [6, 6.07) is 0. The summed E-state index contributed by atoms with van der Waals surface area (Å²) >= 11 is 0. The maximum absolute atomic E-state index is 9.37. The zero-order chi connectivity index (χ0) is 7.56. The highest BCUT2D eigenvalue weighted by molar-refractivity contribution is 4.79. The van der Waals surface area contributed by atoms with E-state index in [9.17, 15) is 5.11 Å². The summed E-state index contributed by atoms with van der Waals surface area (Å²) < 4.78 is 5.46. The summed E-state index contributed by atoms with van der Waals surface area (Å²) in [6.07, 6.45) is 3.05. The first kappa shape index (κ1) is 8.02. The van der Waals surface area contributed by atoms with Gasteiger partial charge in [-0.1, -0.05) is 13.3 Å². The number of hydrogen-bond acceptors (Lipinski definition) is 2. The van der Waals surface area contributed by atoms with E-state index in [0.717, 1.165) is 19.3 Å². The highest BCUT2D eigenvalue weighted by atomic mass is 16.5. The van der Waals surface area contributed by atoms with Crippen molar-refractivity contribution < 1.29 is 9.84 Å². The lowest BCUT2D eigenvalue weighted by molar-refractivity contribution is 0.0110. The topological polar surface area (TPSA) is 29.5 Å². The van der Waals surface area contributed by atoms with E-state index < -0.39 is 0 Å². The first-order chi connectivity index (χ1) is 4.74. The summed E-state index contributed by atoms with van der Waals surface area (Å²) in [4.78, 5) is 0. The highest BCUT2D eigenvalue weighted by Gasteiger charge is 2.29. The summed E-state index contributed by atoms with van der Waals surface area (Å²) in [5.41, 5.74) is 0. The van der Waals surface area contributed by atoms with E-state index in [0.29, 0.717) is 0 Å². The van der Waals surface area contributed by atoms with Crippen LogP contribution in [0.4, 0.5) is 0 Å². The second-order valence-electron chi connectivity index (χ2n) is 3.08. The molecular formula is C8H16O2. The smallest absolute Gasteiger partial charge is 0.0838 e. The molecule has 0 spiro atoms. The van der Waals surface area contributed by atoms with E-state index in [-0.39, 0.29) is 18.3 Å². The minimum atomic E-state index is -0.213. The molecule has 1 aliphatic heterocycles. The van der Waals surface area contributed by atoms with Gasteiger partial charge >= 0.3 is 0 Å². The number of hydrogen-bond donors (Lipinski definition) is 1. The molecule has 0 aromatic carbocycles. The van der Waals surface area contributed by atoms with Crippen LogP contribution in [0.5, 0.6) is 0 Å². The standard InChI is InChI=1S/C8H16O2/c1-3-4-8-7(9)5-6(2)10-8/h6-9H,3-5H2,1-2H3/t6-,7?,8+/m0/s1. The molecule has 2 nitrogen and oxygen atoms in total. The van der Waals surface area contributed by atoms with Crippen LogP contribution in [0.2, 0.25) is 0 Å². The van der Waals surface area contributed by atoms with Gasteiger partial charge in [-0.3, -0.25) is 0 Å². The summed E-state index contributed by atoms with van der Waals surface area (Å²) in [6.45, 7) is 4.12. The minimum absolute atomic E-state index is 0.111. The number of aliphatic hydroxyl groups is 1. The zero-order valence-corrected chi connectivity index (χ0v) is 6.71. The molecule has 1 N–H and O–H groups in total. The molecule has 60 valence electrons. The molecule has 0 bridgehead atoms. The van der Waals surface area contributed by atoms with E-state index in [2.05, 4.69) is 6.92 Å². The van der Waals surface area contributed by atoms with E-state index in [1.165, 1.54) is 0 Å². The van der Waals surface area contributed by atoms with Crippen LogP contribution >= 0.6 is 0 Å². The van der Waals surface area contributed by atoms with Gasteiger partial charge in [0.1, 0.15) is 0 Å². The number of ether oxygens (including phenoxy) is 1. The Morgan fingerprint density at radius 2 is 2.30 bits per heavy atom. The maximum atomic E-state index is 9.37. The lowest BCUT2D eigenvalue weighted by atomic mass is 10.1. The van der Waals surface area contributed by atoms with Crippen molar-refractivity contribution in [2.45, 2.75) is 51.4 Å². The van der Waals surface area contributed by atoms with Crippen LogP contribution in [0.25, 0.3) is 0 Å². The van der Waals surface area contributed by atoms with Gasteiger partial charge in [0.25, 0.3) is 0 Å². The third-order valence-electron chi connectivity index (χ3n) is 1.98. The highest BCUT2D eigenvalue weighted by Crippen LogP contribution is 2.22. The Balaban J connectivity index is 2.31. The third-order valence-corrected chi connectivity index (χ3v) is 1.98. The second-order valence-corrected chi connectivity index (χ2v) is 3.08. The third kappa shape index (κ3) is 1.70. The van der Waals surface area contributed by atoms with Gasteiger partial charge in [-0.05, 0) is 13.3 Å². The molecular weight excluding hydrogens is 128 g/mol. The summed E-state index contributed by atoms with van der Waals surface area (Å²) in [5, 5.41) is 9.37. The van der Waals surface area contributed by atoms with Gasteiger partial charge in [-0.25, -0.2) is 0 Å². The Bertz CT molecular complexity index is 103. The van der Waals surface area contributed by atoms with Gasteiger partial charge in [0.05, 0.1) is 18.3 Å². The van der Waals surface area contributed by atoms with Gasteiger partial charge in [0.15, 0.2) is 0 Å². The SMILES string of the molecule is CCC[C@H]1O[C@@H](C)CC1O. The van der Waals surface area contributed by atoms with Gasteiger partial charge in [-0.15, -0.1) is 0 Å². The largest absolute Gasteiger partial charge is 0.390 e. The average Bonchev–Trinajstić information content (AvgIpc) is 2.13. The molecule has 2 heteroatoms. The normalized spacial score (nSPS) is 40.5. The van der Waals surface area contributed by atoms with Crippen molar-refractivity contribution in [3.8, 4) is 0 Å². The number of rotatable bonds is 2. The predicted octanol–water partition coefficient (Wildman–Crippen LogP) is 1.32. The summed E-state index contributed by atoms with van der Waals surface area (Å²) in [5.74, 6) is 0. The molecule has 1 fully saturated rings. The summed E-state index contributed by atoms with van der Waals surface area (Å²) in [7, 11) is 0. The molecule has 0 aliphatic carbocycles. The minimum Gasteiger partial charge on any atom is -0.390 e. The van der Waals surface area contributed by atoms with Crippen molar-refractivity contribution in [1.29, 1.82) is 0 Å². The Morgan fingerprint density at radius 3 is 2.70 bits per heavy atom. The Morgan fingerprint density at radius 1 is 1.60 bits per heavy atom. The fourth-order valence-corrected chi connectivity index (χ4v) is 1.48. The van der Waals surface area contributed by atoms with Crippen molar-refractivity contribution in [2.24, 2.45) is 0 Å². The van der Waals surface area contributed by atoms with Crippen molar-refractivity contribution >= 4 is 0 Å². The fraction of sp³-hybridized carbons (Fsp3) is 1.00. The van der Waals surface area contributed by atoms with Crippen LogP contribution in [0.3, 0.4) is 0 Å². The molecule has 0 amide bonds. The Labute approximate surface area is 62.2 Å². The number of aliphatic hydroxyl groups excluding tert-OH is 1. The van der Waals surface area contributed by atoms with Gasteiger partial charge in [0, 0.05) is 6.42 Å². The monoisotopic (exact) mass is 144 g/mol. The van der Waals surface area contributed by atoms with Crippen molar-refractivity contribution in [1.82, 2.24) is 0 Å². The van der Waals surface area contributed by atoms with Gasteiger partial charge in [-0.2, -0.15) is 0 Å². The molecule has 1 rings (SSSR count). The first-order valence-corrected chi connectivity index (χ1v) is 4.07. The quantitative estimate of drug-likeness (QED) is 0.633. The molecule has 10 heavy (non-hydrogen) atoms. The molecule has 1 heterocycles. The van der Waals surface area contributed by atoms with E-state index in [1.54, 1.807) is 0 Å². The van der Waals surface area contributed by atoms with Crippen LogP contribution in [0.15, 0.2) is 0 Å². The Hall–Kier alpha value is -0.0800. The lowest BCUT2D eigenvalue weighted by Gasteiger charge is -2.11. The molecule has 0 saturated carbocycles.